The van der Waals surface area contributed by atoms with Gasteiger partial charge in [-0.05, 0) is 53.2 Å². The first kappa shape index (κ1) is 15.2. The average Bonchev–Trinajstić information content (AvgIpc) is 3.19. The van der Waals surface area contributed by atoms with E-state index < -0.39 is 0 Å². The minimum absolute atomic E-state index is 0.654. The van der Waals surface area contributed by atoms with Gasteiger partial charge in [-0.1, -0.05) is 35.5 Å². The maximum atomic E-state index is 6.02. The Hall–Kier alpha value is -2.38. The number of fused-ring (bicyclic) bond motifs is 1. The Kier molecular flexibility index (Phi) is 3.95. The molecular formula is C16H13ClN6S. The number of aryl methyl sites for hydroxylation is 1. The molecule has 4 aromatic rings. The summed E-state index contributed by atoms with van der Waals surface area (Å²) < 4.78 is 1.72. The number of aromatic amines is 1. The number of para-hydroxylation sites is 2. The number of hydrogen-bond donors (Lipinski definition) is 1. The van der Waals surface area contributed by atoms with E-state index >= 15 is 0 Å². The maximum Gasteiger partial charge on any atom is 0.214 e. The average molecular weight is 357 g/mol. The van der Waals surface area contributed by atoms with E-state index in [0.717, 1.165) is 28.1 Å². The molecule has 0 fully saturated rings. The lowest BCUT2D eigenvalue weighted by Crippen LogP contribution is -2.01. The van der Waals surface area contributed by atoms with Gasteiger partial charge in [0.2, 0.25) is 5.16 Å². The van der Waals surface area contributed by atoms with Crippen molar-refractivity contribution in [2.45, 2.75) is 17.8 Å². The molecule has 0 bridgehead atoms. The van der Waals surface area contributed by atoms with Gasteiger partial charge in [-0.15, -0.1) is 5.10 Å². The van der Waals surface area contributed by atoms with Crippen LogP contribution in [-0.2, 0) is 5.75 Å². The molecule has 24 heavy (non-hydrogen) atoms. The summed E-state index contributed by atoms with van der Waals surface area (Å²) in [5, 5.41) is 13.4. The first-order valence-corrected chi connectivity index (χ1v) is 8.68. The third-order valence-electron chi connectivity index (χ3n) is 3.60. The third kappa shape index (κ3) is 2.88. The number of rotatable bonds is 4. The van der Waals surface area contributed by atoms with Gasteiger partial charge in [-0.2, -0.15) is 4.68 Å². The van der Waals surface area contributed by atoms with Crippen molar-refractivity contribution in [3.63, 3.8) is 0 Å². The molecule has 0 saturated carbocycles. The second-order valence-corrected chi connectivity index (χ2v) is 6.67. The van der Waals surface area contributed by atoms with Crippen molar-refractivity contribution in [2.75, 3.05) is 0 Å². The van der Waals surface area contributed by atoms with E-state index in [9.17, 15) is 0 Å². The summed E-state index contributed by atoms with van der Waals surface area (Å²) in [5.41, 5.74) is 3.92. The third-order valence-corrected chi connectivity index (χ3v) is 4.77. The largest absolute Gasteiger partial charge is 0.341 e. The van der Waals surface area contributed by atoms with E-state index in [1.165, 1.54) is 11.8 Å². The molecule has 8 heteroatoms. The van der Waals surface area contributed by atoms with Gasteiger partial charge in [-0.25, -0.2) is 4.98 Å². The van der Waals surface area contributed by atoms with Gasteiger partial charge >= 0.3 is 0 Å². The smallest absolute Gasteiger partial charge is 0.214 e. The Morgan fingerprint density at radius 3 is 2.92 bits per heavy atom. The summed E-state index contributed by atoms with van der Waals surface area (Å²) in [5.74, 6) is 1.55. The van der Waals surface area contributed by atoms with Crippen LogP contribution in [-0.4, -0.2) is 30.2 Å². The molecule has 0 aliphatic heterocycles. The Balaban J connectivity index is 1.58. The van der Waals surface area contributed by atoms with Crippen molar-refractivity contribution in [3.8, 4) is 5.69 Å². The predicted molar refractivity (Wildman–Crippen MR) is 94.6 cm³/mol. The molecule has 2 aromatic carbocycles. The molecule has 2 heterocycles. The lowest BCUT2D eigenvalue weighted by molar-refractivity contribution is 0.751. The van der Waals surface area contributed by atoms with Gasteiger partial charge < -0.3 is 4.98 Å². The number of hydrogen-bond acceptors (Lipinski definition) is 5. The summed E-state index contributed by atoms with van der Waals surface area (Å²) in [4.78, 5) is 7.88. The molecule has 0 atom stereocenters. The predicted octanol–water partition coefficient (Wildman–Crippen LogP) is 3.79. The van der Waals surface area contributed by atoms with Gasteiger partial charge in [0.25, 0.3) is 0 Å². The van der Waals surface area contributed by atoms with Crippen molar-refractivity contribution >= 4 is 34.4 Å². The summed E-state index contributed by atoms with van der Waals surface area (Å²) in [6.07, 6.45) is 0. The highest BCUT2D eigenvalue weighted by molar-refractivity contribution is 7.98. The fourth-order valence-corrected chi connectivity index (χ4v) is 3.46. The van der Waals surface area contributed by atoms with Crippen LogP contribution < -0.4 is 0 Å². The molecular weight excluding hydrogens is 344 g/mol. The van der Waals surface area contributed by atoms with Crippen molar-refractivity contribution in [2.24, 2.45) is 0 Å². The van der Waals surface area contributed by atoms with Gasteiger partial charge in [0.05, 0.1) is 22.5 Å². The SMILES string of the molecule is Cc1cc(Cl)ccc1-n1nnnc1SCc1nc2ccccc2[nH]1. The second kappa shape index (κ2) is 6.26. The fraction of sp³-hybridized carbons (Fsp3) is 0.125. The summed E-state index contributed by atoms with van der Waals surface area (Å²) in [6, 6.07) is 13.6. The number of benzene rings is 2. The number of nitrogens with one attached hydrogen (secondary N) is 1. The van der Waals surface area contributed by atoms with E-state index in [1.54, 1.807) is 4.68 Å². The van der Waals surface area contributed by atoms with Crippen molar-refractivity contribution in [1.29, 1.82) is 0 Å². The van der Waals surface area contributed by atoms with E-state index in [1.807, 2.05) is 49.4 Å². The molecule has 0 unspecified atom stereocenters. The molecule has 0 aliphatic rings. The van der Waals surface area contributed by atoms with Crippen LogP contribution in [0.15, 0.2) is 47.6 Å². The molecule has 6 nitrogen and oxygen atoms in total. The number of tetrazole rings is 1. The highest BCUT2D eigenvalue weighted by atomic mass is 35.5. The van der Waals surface area contributed by atoms with Crippen molar-refractivity contribution in [1.82, 2.24) is 30.2 Å². The standard InChI is InChI=1S/C16H13ClN6S/c1-10-8-11(17)6-7-14(10)23-16(20-21-22-23)24-9-15-18-12-4-2-3-5-13(12)19-15/h2-8H,9H2,1H3,(H,18,19). The number of H-pyrrole nitrogens is 1. The fourth-order valence-electron chi connectivity index (χ4n) is 2.48. The van der Waals surface area contributed by atoms with Crippen molar-refractivity contribution < 1.29 is 0 Å². The number of imidazole rings is 1. The van der Waals surface area contributed by atoms with E-state index in [0.29, 0.717) is 15.9 Å². The highest BCUT2D eigenvalue weighted by Crippen LogP contribution is 2.25. The first-order valence-electron chi connectivity index (χ1n) is 7.32. The summed E-state index contributed by atoms with van der Waals surface area (Å²) in [6.45, 7) is 1.98. The van der Waals surface area contributed by atoms with E-state index in [2.05, 4.69) is 25.5 Å². The van der Waals surface area contributed by atoms with Crippen LogP contribution >= 0.6 is 23.4 Å². The quantitative estimate of drug-likeness (QED) is 0.563. The van der Waals surface area contributed by atoms with Gasteiger partial charge in [-0.3, -0.25) is 0 Å². The van der Waals surface area contributed by atoms with Crippen LogP contribution in [0, 0.1) is 6.92 Å². The Bertz CT molecular complexity index is 976. The van der Waals surface area contributed by atoms with Crippen LogP contribution in [0.2, 0.25) is 5.02 Å². The van der Waals surface area contributed by atoms with Crippen LogP contribution in [0.1, 0.15) is 11.4 Å². The van der Waals surface area contributed by atoms with Gasteiger partial charge in [0, 0.05) is 5.02 Å². The number of halogens is 1. The van der Waals surface area contributed by atoms with Crippen LogP contribution in [0.25, 0.3) is 16.7 Å². The zero-order chi connectivity index (χ0) is 16.5. The molecule has 0 amide bonds. The molecule has 0 saturated heterocycles. The summed E-state index contributed by atoms with van der Waals surface area (Å²) >= 11 is 7.55. The van der Waals surface area contributed by atoms with Crippen LogP contribution in [0.5, 0.6) is 0 Å². The van der Waals surface area contributed by atoms with E-state index in [-0.39, 0.29) is 0 Å². The Labute approximate surface area is 147 Å². The second-order valence-electron chi connectivity index (χ2n) is 5.29. The molecule has 120 valence electrons. The Morgan fingerprint density at radius 2 is 2.08 bits per heavy atom. The summed E-state index contributed by atoms with van der Waals surface area (Å²) in [7, 11) is 0. The van der Waals surface area contributed by atoms with Gasteiger partial charge in [0.15, 0.2) is 0 Å². The zero-order valence-corrected chi connectivity index (χ0v) is 14.3. The monoisotopic (exact) mass is 356 g/mol. The first-order chi connectivity index (χ1) is 11.7. The lowest BCUT2D eigenvalue weighted by Gasteiger charge is -2.07. The molecule has 0 spiro atoms. The number of thioether (sulfide) groups is 1. The minimum atomic E-state index is 0.654. The normalized spacial score (nSPS) is 11.2. The molecule has 4 rings (SSSR count). The van der Waals surface area contributed by atoms with E-state index in [4.69, 9.17) is 11.6 Å². The van der Waals surface area contributed by atoms with Crippen LogP contribution in [0.3, 0.4) is 0 Å². The zero-order valence-electron chi connectivity index (χ0n) is 12.8. The molecule has 0 aliphatic carbocycles. The molecule has 0 radical (unpaired) electrons. The Morgan fingerprint density at radius 1 is 1.21 bits per heavy atom. The topological polar surface area (TPSA) is 72.3 Å². The number of nitrogens with zero attached hydrogens (tertiary/aromatic N) is 5. The molecule has 2 aromatic heterocycles. The van der Waals surface area contributed by atoms with Crippen molar-refractivity contribution in [3.05, 3.63) is 58.9 Å². The highest BCUT2D eigenvalue weighted by Gasteiger charge is 2.12. The van der Waals surface area contributed by atoms with Gasteiger partial charge in [0.1, 0.15) is 5.82 Å². The number of aromatic nitrogens is 6. The maximum absolute atomic E-state index is 6.02. The minimum Gasteiger partial charge on any atom is -0.341 e. The molecule has 1 N–H and O–H groups in total. The van der Waals surface area contributed by atoms with Crippen LogP contribution in [0.4, 0.5) is 0 Å². The lowest BCUT2D eigenvalue weighted by atomic mass is 10.2.